The first-order valence-corrected chi connectivity index (χ1v) is 5.06. The van der Waals surface area contributed by atoms with E-state index in [0.29, 0.717) is 0 Å². The van der Waals surface area contributed by atoms with Gasteiger partial charge >= 0.3 is 0 Å². The number of allylic oxidation sites excluding steroid dienone is 2. The Morgan fingerprint density at radius 1 is 1.38 bits per heavy atom. The number of ether oxygens (including phenoxy) is 1. The monoisotopic (exact) mass is 176 g/mol. The Hall–Kier alpha value is -0.980. The van der Waals surface area contributed by atoms with Crippen molar-refractivity contribution in [3.8, 4) is 0 Å². The van der Waals surface area contributed by atoms with Crippen LogP contribution in [-0.2, 0) is 4.74 Å². The molecule has 0 bridgehead atoms. The fourth-order valence-electron chi connectivity index (χ4n) is 2.27. The molecule has 1 heteroatoms. The molecule has 0 aromatic carbocycles. The Labute approximate surface area is 79.8 Å². The van der Waals surface area contributed by atoms with Gasteiger partial charge in [-0.3, -0.25) is 0 Å². The SMILES string of the molecule is C=CC1OC=CC=C1C1CCCC1. The lowest BCUT2D eigenvalue weighted by molar-refractivity contribution is 0.201. The van der Waals surface area contributed by atoms with Crippen molar-refractivity contribution in [3.63, 3.8) is 0 Å². The van der Waals surface area contributed by atoms with Gasteiger partial charge in [-0.1, -0.05) is 25.5 Å². The van der Waals surface area contributed by atoms with E-state index in [1.54, 1.807) is 6.26 Å². The Kier molecular flexibility index (Phi) is 2.53. The first-order chi connectivity index (χ1) is 6.42. The molecule has 1 fully saturated rings. The first kappa shape index (κ1) is 8.61. The van der Waals surface area contributed by atoms with Crippen LogP contribution in [0, 0.1) is 5.92 Å². The molecule has 1 heterocycles. The van der Waals surface area contributed by atoms with Gasteiger partial charge in [0.1, 0.15) is 6.10 Å². The zero-order valence-corrected chi connectivity index (χ0v) is 7.91. The van der Waals surface area contributed by atoms with Gasteiger partial charge in [0.15, 0.2) is 0 Å². The van der Waals surface area contributed by atoms with E-state index in [4.69, 9.17) is 4.74 Å². The molecule has 0 saturated heterocycles. The maximum absolute atomic E-state index is 5.49. The minimum absolute atomic E-state index is 0.132. The summed E-state index contributed by atoms with van der Waals surface area (Å²) in [4.78, 5) is 0. The largest absolute Gasteiger partial charge is 0.490 e. The van der Waals surface area contributed by atoms with Gasteiger partial charge in [-0.25, -0.2) is 0 Å². The van der Waals surface area contributed by atoms with Gasteiger partial charge < -0.3 is 4.74 Å². The highest BCUT2D eigenvalue weighted by Crippen LogP contribution is 2.34. The molecule has 0 aromatic rings. The lowest BCUT2D eigenvalue weighted by atomic mass is 9.91. The molecule has 13 heavy (non-hydrogen) atoms. The molecule has 70 valence electrons. The highest BCUT2D eigenvalue weighted by Gasteiger charge is 2.25. The lowest BCUT2D eigenvalue weighted by Gasteiger charge is -2.23. The molecule has 1 nitrogen and oxygen atoms in total. The van der Waals surface area contributed by atoms with Crippen molar-refractivity contribution in [2.24, 2.45) is 5.92 Å². The van der Waals surface area contributed by atoms with Gasteiger partial charge in [-0.2, -0.15) is 0 Å². The molecule has 2 rings (SSSR count). The van der Waals surface area contributed by atoms with Crippen molar-refractivity contribution in [2.45, 2.75) is 31.8 Å². The summed E-state index contributed by atoms with van der Waals surface area (Å²) in [7, 11) is 0. The van der Waals surface area contributed by atoms with Crippen molar-refractivity contribution in [1.82, 2.24) is 0 Å². The highest BCUT2D eigenvalue weighted by atomic mass is 16.5. The molecule has 1 unspecified atom stereocenters. The maximum atomic E-state index is 5.49. The molecule has 0 spiro atoms. The molecule has 1 aliphatic heterocycles. The van der Waals surface area contributed by atoms with Crippen LogP contribution < -0.4 is 0 Å². The van der Waals surface area contributed by atoms with Gasteiger partial charge in [0.2, 0.25) is 0 Å². The summed E-state index contributed by atoms with van der Waals surface area (Å²) < 4.78 is 5.49. The fraction of sp³-hybridized carbons (Fsp3) is 0.500. The van der Waals surface area contributed by atoms with E-state index in [2.05, 4.69) is 12.7 Å². The predicted octanol–water partition coefficient (Wildman–Crippen LogP) is 3.20. The van der Waals surface area contributed by atoms with Crippen LogP contribution in [-0.4, -0.2) is 6.10 Å². The molecule has 1 atom stereocenters. The van der Waals surface area contributed by atoms with Gasteiger partial charge in [0, 0.05) is 0 Å². The third-order valence-corrected chi connectivity index (χ3v) is 2.96. The third kappa shape index (κ3) is 1.69. The minimum Gasteiger partial charge on any atom is -0.490 e. The van der Waals surface area contributed by atoms with E-state index in [1.165, 1.54) is 31.3 Å². The van der Waals surface area contributed by atoms with E-state index < -0.39 is 0 Å². The second-order valence-corrected chi connectivity index (χ2v) is 3.77. The van der Waals surface area contributed by atoms with E-state index in [1.807, 2.05) is 12.2 Å². The summed E-state index contributed by atoms with van der Waals surface area (Å²) >= 11 is 0. The molecule has 0 radical (unpaired) electrons. The average molecular weight is 176 g/mol. The third-order valence-electron chi connectivity index (χ3n) is 2.96. The molecule has 2 aliphatic rings. The number of hydrogen-bond donors (Lipinski definition) is 0. The Balaban J connectivity index is 2.13. The van der Waals surface area contributed by atoms with Crippen LogP contribution in [0.15, 0.2) is 36.6 Å². The summed E-state index contributed by atoms with van der Waals surface area (Å²) in [6.45, 7) is 3.81. The van der Waals surface area contributed by atoms with Crippen LogP contribution in [0.25, 0.3) is 0 Å². The van der Waals surface area contributed by atoms with Crippen LogP contribution in [0.3, 0.4) is 0 Å². The maximum Gasteiger partial charge on any atom is 0.137 e. The van der Waals surface area contributed by atoms with E-state index in [-0.39, 0.29) is 6.10 Å². The van der Waals surface area contributed by atoms with Crippen molar-refractivity contribution in [2.75, 3.05) is 0 Å². The molecule has 0 aromatic heterocycles. The number of rotatable bonds is 2. The summed E-state index contributed by atoms with van der Waals surface area (Å²) in [5.41, 5.74) is 1.43. The standard InChI is InChI=1S/C12H16O/c1-2-12-11(8-5-9-13-12)10-6-3-4-7-10/h2,5,8-10,12H,1,3-4,6-7H2. The van der Waals surface area contributed by atoms with Crippen LogP contribution >= 0.6 is 0 Å². The zero-order chi connectivity index (χ0) is 9.10. The van der Waals surface area contributed by atoms with Crippen LogP contribution in [0.2, 0.25) is 0 Å². The van der Waals surface area contributed by atoms with Crippen LogP contribution in [0.4, 0.5) is 0 Å². The van der Waals surface area contributed by atoms with Crippen LogP contribution in [0.1, 0.15) is 25.7 Å². The Morgan fingerprint density at radius 3 is 2.85 bits per heavy atom. The summed E-state index contributed by atoms with van der Waals surface area (Å²) in [6, 6.07) is 0. The molecule has 0 N–H and O–H groups in total. The minimum atomic E-state index is 0.132. The van der Waals surface area contributed by atoms with Gasteiger partial charge in [0.05, 0.1) is 6.26 Å². The molecule has 0 amide bonds. The van der Waals surface area contributed by atoms with E-state index in [9.17, 15) is 0 Å². The summed E-state index contributed by atoms with van der Waals surface area (Å²) in [5.74, 6) is 0.743. The lowest BCUT2D eigenvalue weighted by Crippen LogP contribution is -2.17. The molecular formula is C12H16O. The van der Waals surface area contributed by atoms with Crippen molar-refractivity contribution in [3.05, 3.63) is 36.6 Å². The Bertz CT molecular complexity index is 244. The number of hydrogen-bond acceptors (Lipinski definition) is 1. The molecule has 1 aliphatic carbocycles. The fourth-order valence-corrected chi connectivity index (χ4v) is 2.27. The summed E-state index contributed by atoms with van der Waals surface area (Å²) in [6.07, 6.45) is 13.4. The Morgan fingerprint density at radius 2 is 2.15 bits per heavy atom. The van der Waals surface area contributed by atoms with Crippen molar-refractivity contribution >= 4 is 0 Å². The predicted molar refractivity (Wildman–Crippen MR) is 54.3 cm³/mol. The highest BCUT2D eigenvalue weighted by molar-refractivity contribution is 5.26. The normalized spacial score (nSPS) is 28.3. The summed E-state index contributed by atoms with van der Waals surface area (Å²) in [5, 5.41) is 0. The first-order valence-electron chi connectivity index (χ1n) is 5.06. The van der Waals surface area contributed by atoms with Crippen molar-refractivity contribution in [1.29, 1.82) is 0 Å². The topological polar surface area (TPSA) is 9.23 Å². The quantitative estimate of drug-likeness (QED) is 0.587. The van der Waals surface area contributed by atoms with Crippen molar-refractivity contribution < 1.29 is 4.74 Å². The van der Waals surface area contributed by atoms with E-state index >= 15 is 0 Å². The smallest absolute Gasteiger partial charge is 0.137 e. The second kappa shape index (κ2) is 3.82. The zero-order valence-electron chi connectivity index (χ0n) is 7.91. The van der Waals surface area contributed by atoms with Gasteiger partial charge in [-0.05, 0) is 36.5 Å². The van der Waals surface area contributed by atoms with Gasteiger partial charge in [0.25, 0.3) is 0 Å². The average Bonchev–Trinajstić information content (AvgIpc) is 2.70. The second-order valence-electron chi connectivity index (χ2n) is 3.77. The van der Waals surface area contributed by atoms with E-state index in [0.717, 1.165) is 5.92 Å². The molecular weight excluding hydrogens is 160 g/mol. The van der Waals surface area contributed by atoms with Crippen LogP contribution in [0.5, 0.6) is 0 Å². The van der Waals surface area contributed by atoms with Gasteiger partial charge in [-0.15, -0.1) is 0 Å². The molecule has 1 saturated carbocycles.